The van der Waals surface area contributed by atoms with Crippen molar-refractivity contribution in [2.24, 2.45) is 0 Å². The third kappa shape index (κ3) is 4.26. The maximum absolute atomic E-state index is 12.9. The summed E-state index contributed by atoms with van der Waals surface area (Å²) in [6, 6.07) is 14.6. The van der Waals surface area contributed by atoms with E-state index in [1.807, 2.05) is 12.1 Å². The van der Waals surface area contributed by atoms with E-state index in [1.54, 1.807) is 12.1 Å². The van der Waals surface area contributed by atoms with Crippen LogP contribution in [-0.4, -0.2) is 5.11 Å². The highest BCUT2D eigenvalue weighted by Gasteiger charge is 2.12. The first-order valence-electron chi connectivity index (χ1n) is 6.98. The molecule has 0 aliphatic heterocycles. The number of rotatable bonds is 4. The predicted molar refractivity (Wildman–Crippen MR) is 90.0 cm³/mol. The molecule has 21 heavy (non-hydrogen) atoms. The highest BCUT2D eigenvalue weighted by Crippen LogP contribution is 2.20. The van der Waals surface area contributed by atoms with Crippen molar-refractivity contribution in [1.29, 1.82) is 0 Å². The Morgan fingerprint density at radius 3 is 2.43 bits per heavy atom. The standard InChI is InChI=1S/C17H19FN2S/c1-3-16(15-7-5-4-6-12(15)2)20-17(21)19-14-10-8-13(18)9-11-14/h4-11,16H,3H2,1-2H3,(H2,19,20,21). The smallest absolute Gasteiger partial charge is 0.171 e. The van der Waals surface area contributed by atoms with Crippen LogP contribution in [-0.2, 0) is 0 Å². The highest BCUT2D eigenvalue weighted by molar-refractivity contribution is 7.80. The number of thiocarbonyl (C=S) groups is 1. The summed E-state index contributed by atoms with van der Waals surface area (Å²) in [6.07, 6.45) is 0.927. The molecule has 0 radical (unpaired) electrons. The summed E-state index contributed by atoms with van der Waals surface area (Å²) in [5, 5.41) is 6.93. The van der Waals surface area contributed by atoms with Crippen LogP contribution >= 0.6 is 12.2 Å². The van der Waals surface area contributed by atoms with E-state index in [0.717, 1.165) is 12.1 Å². The van der Waals surface area contributed by atoms with Crippen LogP contribution < -0.4 is 10.6 Å². The van der Waals surface area contributed by atoms with E-state index >= 15 is 0 Å². The molecular formula is C17H19FN2S. The molecule has 0 spiro atoms. The normalized spacial score (nSPS) is 11.8. The van der Waals surface area contributed by atoms with E-state index in [-0.39, 0.29) is 11.9 Å². The molecule has 2 aromatic carbocycles. The lowest BCUT2D eigenvalue weighted by atomic mass is 10.00. The maximum Gasteiger partial charge on any atom is 0.171 e. The zero-order chi connectivity index (χ0) is 15.2. The summed E-state index contributed by atoms with van der Waals surface area (Å²) in [5.74, 6) is -0.259. The largest absolute Gasteiger partial charge is 0.356 e. The molecule has 0 saturated heterocycles. The zero-order valence-corrected chi connectivity index (χ0v) is 13.0. The average Bonchev–Trinajstić information content (AvgIpc) is 2.48. The van der Waals surface area contributed by atoms with Gasteiger partial charge in [0.05, 0.1) is 6.04 Å². The van der Waals surface area contributed by atoms with Gasteiger partial charge in [-0.1, -0.05) is 31.2 Å². The van der Waals surface area contributed by atoms with Gasteiger partial charge in [0, 0.05) is 5.69 Å². The molecule has 1 unspecified atom stereocenters. The molecule has 0 bridgehead atoms. The first kappa shape index (κ1) is 15.4. The van der Waals surface area contributed by atoms with Crippen LogP contribution in [0.2, 0.25) is 0 Å². The van der Waals surface area contributed by atoms with E-state index < -0.39 is 0 Å². The van der Waals surface area contributed by atoms with Gasteiger partial charge in [-0.2, -0.15) is 0 Å². The van der Waals surface area contributed by atoms with Gasteiger partial charge in [-0.3, -0.25) is 0 Å². The Morgan fingerprint density at radius 2 is 1.81 bits per heavy atom. The Balaban J connectivity index is 2.03. The van der Waals surface area contributed by atoms with Gasteiger partial charge < -0.3 is 10.6 Å². The molecule has 2 N–H and O–H groups in total. The quantitative estimate of drug-likeness (QED) is 0.809. The monoisotopic (exact) mass is 302 g/mol. The summed E-state index contributed by atoms with van der Waals surface area (Å²) in [5.41, 5.74) is 3.25. The third-order valence-electron chi connectivity index (χ3n) is 3.38. The fourth-order valence-electron chi connectivity index (χ4n) is 2.24. The second-order valence-corrected chi connectivity index (χ2v) is 5.33. The maximum atomic E-state index is 12.9. The Kier molecular flexibility index (Phi) is 5.28. The SMILES string of the molecule is CCC(NC(=S)Nc1ccc(F)cc1)c1ccccc1C. The Hall–Kier alpha value is -1.94. The van der Waals surface area contributed by atoms with Crippen molar-refractivity contribution in [2.45, 2.75) is 26.3 Å². The topological polar surface area (TPSA) is 24.1 Å². The molecule has 4 heteroatoms. The van der Waals surface area contributed by atoms with Gasteiger partial charge in [0.1, 0.15) is 5.82 Å². The molecule has 1 atom stereocenters. The van der Waals surface area contributed by atoms with E-state index in [1.165, 1.54) is 23.3 Å². The molecule has 0 aromatic heterocycles. The molecule has 2 nitrogen and oxygen atoms in total. The second-order valence-electron chi connectivity index (χ2n) is 4.92. The van der Waals surface area contributed by atoms with Gasteiger partial charge in [0.15, 0.2) is 5.11 Å². The number of halogens is 1. The lowest BCUT2D eigenvalue weighted by Gasteiger charge is -2.21. The van der Waals surface area contributed by atoms with Crippen molar-refractivity contribution in [2.75, 3.05) is 5.32 Å². The lowest BCUT2D eigenvalue weighted by Crippen LogP contribution is -2.32. The minimum atomic E-state index is -0.259. The van der Waals surface area contributed by atoms with Crippen molar-refractivity contribution in [3.63, 3.8) is 0 Å². The summed E-state index contributed by atoms with van der Waals surface area (Å²) in [6.45, 7) is 4.21. The fraction of sp³-hybridized carbons (Fsp3) is 0.235. The molecule has 0 aliphatic carbocycles. The lowest BCUT2D eigenvalue weighted by molar-refractivity contribution is 0.625. The minimum Gasteiger partial charge on any atom is -0.356 e. The molecule has 2 rings (SSSR count). The van der Waals surface area contributed by atoms with Crippen molar-refractivity contribution in [3.8, 4) is 0 Å². The van der Waals surface area contributed by atoms with Crippen LogP contribution in [0.1, 0.15) is 30.5 Å². The Morgan fingerprint density at radius 1 is 1.14 bits per heavy atom. The van der Waals surface area contributed by atoms with Crippen LogP contribution in [0, 0.1) is 12.7 Å². The van der Waals surface area contributed by atoms with Gasteiger partial charge in [-0.05, 0) is 61.0 Å². The van der Waals surface area contributed by atoms with Crippen LogP contribution in [0.5, 0.6) is 0 Å². The molecule has 0 fully saturated rings. The molecule has 0 heterocycles. The van der Waals surface area contributed by atoms with Crippen LogP contribution in [0.4, 0.5) is 10.1 Å². The van der Waals surface area contributed by atoms with Crippen molar-refractivity contribution < 1.29 is 4.39 Å². The summed E-state index contributed by atoms with van der Waals surface area (Å²) < 4.78 is 12.9. The molecule has 0 saturated carbocycles. The predicted octanol–water partition coefficient (Wildman–Crippen LogP) is 4.57. The van der Waals surface area contributed by atoms with E-state index in [4.69, 9.17) is 12.2 Å². The highest BCUT2D eigenvalue weighted by atomic mass is 32.1. The summed E-state index contributed by atoms with van der Waals surface area (Å²) >= 11 is 5.34. The zero-order valence-electron chi connectivity index (χ0n) is 12.2. The van der Waals surface area contributed by atoms with Crippen LogP contribution in [0.15, 0.2) is 48.5 Å². The summed E-state index contributed by atoms with van der Waals surface area (Å²) in [4.78, 5) is 0. The first-order valence-corrected chi connectivity index (χ1v) is 7.39. The third-order valence-corrected chi connectivity index (χ3v) is 3.60. The number of anilines is 1. The number of hydrogen-bond acceptors (Lipinski definition) is 1. The summed E-state index contributed by atoms with van der Waals surface area (Å²) in [7, 11) is 0. The number of nitrogens with one attached hydrogen (secondary N) is 2. The van der Waals surface area contributed by atoms with Crippen LogP contribution in [0.25, 0.3) is 0 Å². The van der Waals surface area contributed by atoms with Gasteiger partial charge in [-0.15, -0.1) is 0 Å². The molecule has 2 aromatic rings. The number of aryl methyl sites for hydroxylation is 1. The average molecular weight is 302 g/mol. The van der Waals surface area contributed by atoms with Crippen molar-refractivity contribution in [3.05, 3.63) is 65.5 Å². The van der Waals surface area contributed by atoms with Crippen molar-refractivity contribution >= 4 is 23.0 Å². The number of benzene rings is 2. The van der Waals surface area contributed by atoms with Gasteiger partial charge in [0.25, 0.3) is 0 Å². The van der Waals surface area contributed by atoms with Gasteiger partial charge >= 0.3 is 0 Å². The first-order chi connectivity index (χ1) is 10.1. The molecule has 110 valence electrons. The second kappa shape index (κ2) is 7.18. The molecule has 0 aliphatic rings. The molecular weight excluding hydrogens is 283 g/mol. The Bertz CT molecular complexity index is 610. The fourth-order valence-corrected chi connectivity index (χ4v) is 2.50. The number of hydrogen-bond donors (Lipinski definition) is 2. The van der Waals surface area contributed by atoms with E-state index in [9.17, 15) is 4.39 Å². The molecule has 0 amide bonds. The minimum absolute atomic E-state index is 0.159. The van der Waals surface area contributed by atoms with Crippen molar-refractivity contribution in [1.82, 2.24) is 5.32 Å². The van der Waals surface area contributed by atoms with E-state index in [0.29, 0.717) is 5.11 Å². The Labute approximate surface area is 130 Å². The van der Waals surface area contributed by atoms with E-state index in [2.05, 4.69) is 36.6 Å². The van der Waals surface area contributed by atoms with Gasteiger partial charge in [0.2, 0.25) is 0 Å². The van der Waals surface area contributed by atoms with Crippen LogP contribution in [0.3, 0.4) is 0 Å². The van der Waals surface area contributed by atoms with Gasteiger partial charge in [-0.25, -0.2) is 4.39 Å².